The van der Waals surface area contributed by atoms with Gasteiger partial charge < -0.3 is 9.47 Å². The number of carbonyl (C=O) groups excluding carboxylic acids is 2. The molecule has 0 aliphatic carbocycles. The lowest BCUT2D eigenvalue weighted by Gasteiger charge is -2.03. The molecule has 1 N–H and O–H groups in total. The second-order valence-electron chi connectivity index (χ2n) is 5.81. The van der Waals surface area contributed by atoms with Crippen molar-refractivity contribution in [2.75, 3.05) is 14.2 Å². The van der Waals surface area contributed by atoms with Crippen molar-refractivity contribution in [3.05, 3.63) is 75.2 Å². The van der Waals surface area contributed by atoms with Gasteiger partial charge in [-0.25, -0.2) is 9.59 Å². The van der Waals surface area contributed by atoms with E-state index in [9.17, 15) is 14.4 Å². The van der Waals surface area contributed by atoms with Crippen LogP contribution < -0.4 is 5.43 Å². The van der Waals surface area contributed by atoms with Crippen LogP contribution in [0.3, 0.4) is 0 Å². The molecule has 2 aromatic carbocycles. The highest BCUT2D eigenvalue weighted by atomic mass is 35.5. The van der Waals surface area contributed by atoms with Crippen LogP contribution in [0.25, 0.3) is 21.8 Å². The van der Waals surface area contributed by atoms with Gasteiger partial charge in [0.2, 0.25) is 11.1 Å². The van der Waals surface area contributed by atoms with Crippen molar-refractivity contribution in [1.82, 2.24) is 20.4 Å². The molecule has 4 aromatic rings. The van der Waals surface area contributed by atoms with Gasteiger partial charge in [-0.15, -0.1) is 10.2 Å². The van der Waals surface area contributed by atoms with E-state index >= 15 is 0 Å². The highest BCUT2D eigenvalue weighted by Crippen LogP contribution is 2.24. The summed E-state index contributed by atoms with van der Waals surface area (Å²) in [7, 11) is 2.48. The van der Waals surface area contributed by atoms with Crippen molar-refractivity contribution >= 4 is 45.3 Å². The van der Waals surface area contributed by atoms with Crippen LogP contribution in [0.5, 0.6) is 0 Å². The Kier molecular flexibility index (Phi) is 6.33. The normalized spacial score (nSPS) is 10.2. The van der Waals surface area contributed by atoms with E-state index in [-0.39, 0.29) is 16.4 Å². The number of aromatic amines is 1. The number of benzene rings is 2. The number of carbonyl (C=O) groups is 2. The predicted molar refractivity (Wildman–Crippen MR) is 110 cm³/mol. The Morgan fingerprint density at radius 1 is 0.867 bits per heavy atom. The van der Waals surface area contributed by atoms with Gasteiger partial charge >= 0.3 is 11.9 Å². The molecule has 0 aliphatic rings. The van der Waals surface area contributed by atoms with Crippen LogP contribution in [-0.4, -0.2) is 46.6 Å². The number of nitrogens with zero attached hydrogens (tertiary/aromatic N) is 3. The summed E-state index contributed by atoms with van der Waals surface area (Å²) in [5.41, 5.74) is 0.635. The van der Waals surface area contributed by atoms with Gasteiger partial charge in [0.1, 0.15) is 0 Å². The largest absolute Gasteiger partial charge is 0.464 e. The summed E-state index contributed by atoms with van der Waals surface area (Å²) in [6.45, 7) is 0. The van der Waals surface area contributed by atoms with Crippen molar-refractivity contribution in [2.24, 2.45) is 0 Å². The maximum atomic E-state index is 11.7. The number of esters is 2. The van der Waals surface area contributed by atoms with E-state index in [1.54, 1.807) is 36.4 Å². The lowest BCUT2D eigenvalue weighted by molar-refractivity contribution is 0.0583. The summed E-state index contributed by atoms with van der Waals surface area (Å²) in [4.78, 5) is 34.2. The second-order valence-corrected chi connectivity index (χ2v) is 6.19. The molecule has 0 unspecified atom stereocenters. The first-order chi connectivity index (χ1) is 14.5. The molecule has 30 heavy (non-hydrogen) atoms. The van der Waals surface area contributed by atoms with E-state index in [2.05, 4.69) is 29.9 Å². The monoisotopic (exact) mass is 426 g/mol. The number of para-hydroxylation sites is 1. The first-order valence-corrected chi connectivity index (χ1v) is 8.90. The van der Waals surface area contributed by atoms with Gasteiger partial charge in [0.15, 0.2) is 5.69 Å². The zero-order chi connectivity index (χ0) is 21.7. The Morgan fingerprint density at radius 3 is 2.17 bits per heavy atom. The first kappa shape index (κ1) is 20.9. The van der Waals surface area contributed by atoms with Gasteiger partial charge in [-0.1, -0.05) is 41.9 Å². The summed E-state index contributed by atoms with van der Waals surface area (Å²) >= 11 is 6.01. The molecule has 0 radical (unpaired) electrons. The standard InChI is InChI=1S/C10H7ClN2O2.C10H8N2O3/c1-15-10(14)9-8(11)6-4-2-3-5-7(6)12-13-9;1-15-10(14)8-9(13)6-4-2-3-5-7(6)11-12-8/h2-5H,1H3;2-5H,1H3,(H,11,13). The number of rotatable bonds is 2. The van der Waals surface area contributed by atoms with Crippen molar-refractivity contribution in [3.8, 4) is 0 Å². The second kappa shape index (κ2) is 9.10. The van der Waals surface area contributed by atoms with Crippen LogP contribution >= 0.6 is 11.6 Å². The Bertz CT molecular complexity index is 1310. The molecule has 0 spiro atoms. The highest BCUT2D eigenvalue weighted by molar-refractivity contribution is 6.37. The maximum absolute atomic E-state index is 11.7. The molecule has 0 amide bonds. The zero-order valence-electron chi connectivity index (χ0n) is 15.9. The van der Waals surface area contributed by atoms with Gasteiger partial charge in [0.05, 0.1) is 30.3 Å². The SMILES string of the molecule is COC(=O)c1n[nH]c2ccccc2c1=O.COC(=O)c1nnc2ccccc2c1Cl. The van der Waals surface area contributed by atoms with Crippen LogP contribution in [0, 0.1) is 0 Å². The smallest absolute Gasteiger partial charge is 0.362 e. The van der Waals surface area contributed by atoms with Crippen molar-refractivity contribution in [1.29, 1.82) is 0 Å². The molecule has 10 heteroatoms. The molecule has 9 nitrogen and oxygen atoms in total. The van der Waals surface area contributed by atoms with Gasteiger partial charge in [0.25, 0.3) is 0 Å². The summed E-state index contributed by atoms with van der Waals surface area (Å²) in [6.07, 6.45) is 0. The fourth-order valence-corrected chi connectivity index (χ4v) is 2.83. The Morgan fingerprint density at radius 2 is 1.47 bits per heavy atom. The summed E-state index contributed by atoms with van der Waals surface area (Å²) < 4.78 is 8.98. The average Bonchev–Trinajstić information content (AvgIpc) is 2.79. The third-order valence-corrected chi connectivity index (χ3v) is 4.42. The van der Waals surface area contributed by atoms with E-state index in [1.807, 2.05) is 12.1 Å². The number of aromatic nitrogens is 4. The molecule has 0 aliphatic heterocycles. The lowest BCUT2D eigenvalue weighted by Crippen LogP contribution is -2.19. The van der Waals surface area contributed by atoms with E-state index < -0.39 is 17.4 Å². The zero-order valence-corrected chi connectivity index (χ0v) is 16.6. The number of H-pyrrole nitrogens is 1. The van der Waals surface area contributed by atoms with Crippen LogP contribution in [0.15, 0.2) is 53.3 Å². The van der Waals surface area contributed by atoms with Gasteiger partial charge in [-0.2, -0.15) is 5.10 Å². The Hall–Kier alpha value is -3.85. The Balaban J connectivity index is 0.000000171. The van der Waals surface area contributed by atoms with E-state index in [0.29, 0.717) is 21.8 Å². The molecule has 0 atom stereocenters. The third kappa shape index (κ3) is 4.11. The van der Waals surface area contributed by atoms with Gasteiger partial charge in [-0.3, -0.25) is 9.89 Å². The van der Waals surface area contributed by atoms with E-state index in [4.69, 9.17) is 11.6 Å². The number of nitrogens with one attached hydrogen (secondary N) is 1. The van der Waals surface area contributed by atoms with Gasteiger partial charge in [0, 0.05) is 10.8 Å². The summed E-state index contributed by atoms with van der Waals surface area (Å²) in [5.74, 6) is -1.32. The number of hydrogen-bond acceptors (Lipinski definition) is 8. The third-order valence-electron chi connectivity index (χ3n) is 4.04. The molecule has 152 valence electrons. The minimum Gasteiger partial charge on any atom is -0.464 e. The van der Waals surface area contributed by atoms with Crippen molar-refractivity contribution in [2.45, 2.75) is 0 Å². The molecular weight excluding hydrogens is 412 g/mol. The van der Waals surface area contributed by atoms with Crippen LogP contribution in [-0.2, 0) is 9.47 Å². The maximum Gasteiger partial charge on any atom is 0.362 e. The van der Waals surface area contributed by atoms with Crippen molar-refractivity contribution < 1.29 is 19.1 Å². The molecule has 2 heterocycles. The topological polar surface area (TPSA) is 124 Å². The molecule has 4 rings (SSSR count). The number of ether oxygens (including phenoxy) is 2. The van der Waals surface area contributed by atoms with Crippen LogP contribution in [0.2, 0.25) is 5.02 Å². The average molecular weight is 427 g/mol. The highest BCUT2D eigenvalue weighted by Gasteiger charge is 2.16. The molecule has 0 bridgehead atoms. The minimum atomic E-state index is -0.734. The van der Waals surface area contributed by atoms with Crippen molar-refractivity contribution in [3.63, 3.8) is 0 Å². The predicted octanol–water partition coefficient (Wildman–Crippen LogP) is 2.78. The fourth-order valence-electron chi connectivity index (χ4n) is 2.56. The first-order valence-electron chi connectivity index (χ1n) is 8.53. The van der Waals surface area contributed by atoms with E-state index in [1.165, 1.54) is 14.2 Å². The molecule has 2 aromatic heterocycles. The molecular formula is C20H15ClN4O5. The fraction of sp³-hybridized carbons (Fsp3) is 0.100. The molecule has 0 fully saturated rings. The molecule has 0 saturated carbocycles. The Labute approximate surface area is 174 Å². The number of halogens is 1. The number of methoxy groups -OCH3 is 2. The minimum absolute atomic E-state index is 0.0397. The number of hydrogen-bond donors (Lipinski definition) is 1. The number of fused-ring (bicyclic) bond motifs is 2. The van der Waals surface area contributed by atoms with Crippen LogP contribution in [0.4, 0.5) is 0 Å². The lowest BCUT2D eigenvalue weighted by atomic mass is 10.2. The van der Waals surface area contributed by atoms with E-state index in [0.717, 1.165) is 0 Å². The van der Waals surface area contributed by atoms with Gasteiger partial charge in [-0.05, 0) is 18.2 Å². The van der Waals surface area contributed by atoms with Crippen LogP contribution in [0.1, 0.15) is 21.0 Å². The quantitative estimate of drug-likeness (QED) is 0.485. The molecule has 0 saturated heterocycles. The summed E-state index contributed by atoms with van der Waals surface area (Å²) in [6, 6.07) is 14.0. The summed E-state index contributed by atoms with van der Waals surface area (Å²) in [5, 5.41) is 15.3.